The van der Waals surface area contributed by atoms with E-state index in [1.165, 1.54) is 0 Å². The average molecular weight is 246 g/mol. The molecule has 0 amide bonds. The molecule has 4 nitrogen and oxygen atoms in total. The first-order valence-corrected chi connectivity index (χ1v) is 6.16. The van der Waals surface area contributed by atoms with Crippen molar-refractivity contribution < 1.29 is 4.74 Å². The van der Waals surface area contributed by atoms with Crippen molar-refractivity contribution in [3.8, 4) is 0 Å². The standard InChI is InChI=1S/C14H18N2O2/c1-2-18-11(9-15)10-16-8-7-14(17)12-5-3-4-6-13(12)16/h3-8,11H,2,9-10,15H2,1H3. The van der Waals surface area contributed by atoms with Gasteiger partial charge in [-0.05, 0) is 19.1 Å². The zero-order valence-corrected chi connectivity index (χ0v) is 10.5. The molecule has 0 bridgehead atoms. The number of hydrogen-bond donors (Lipinski definition) is 1. The summed E-state index contributed by atoms with van der Waals surface area (Å²) in [6.45, 7) is 3.71. The smallest absolute Gasteiger partial charge is 0.189 e. The molecule has 18 heavy (non-hydrogen) atoms. The Labute approximate surface area is 106 Å². The van der Waals surface area contributed by atoms with Gasteiger partial charge in [-0.3, -0.25) is 4.79 Å². The van der Waals surface area contributed by atoms with Gasteiger partial charge in [0.25, 0.3) is 0 Å². The van der Waals surface area contributed by atoms with Crippen LogP contribution >= 0.6 is 0 Å². The van der Waals surface area contributed by atoms with Gasteiger partial charge < -0.3 is 15.0 Å². The minimum Gasteiger partial charge on any atom is -0.375 e. The normalized spacial score (nSPS) is 12.8. The second-order valence-corrected chi connectivity index (χ2v) is 4.16. The Balaban J connectivity index is 2.39. The van der Waals surface area contributed by atoms with E-state index in [1.807, 2.05) is 35.8 Å². The van der Waals surface area contributed by atoms with Gasteiger partial charge in [0, 0.05) is 30.8 Å². The van der Waals surface area contributed by atoms with E-state index in [9.17, 15) is 4.79 Å². The van der Waals surface area contributed by atoms with Crippen molar-refractivity contribution in [3.63, 3.8) is 0 Å². The summed E-state index contributed by atoms with van der Waals surface area (Å²) in [5.41, 5.74) is 6.64. The van der Waals surface area contributed by atoms with Crippen LogP contribution in [-0.2, 0) is 11.3 Å². The number of nitrogens with two attached hydrogens (primary N) is 1. The molecule has 1 heterocycles. The van der Waals surface area contributed by atoms with Crippen LogP contribution in [0.1, 0.15) is 6.92 Å². The van der Waals surface area contributed by atoms with Crippen LogP contribution in [0, 0.1) is 0 Å². The first-order valence-electron chi connectivity index (χ1n) is 6.16. The number of ether oxygens (including phenoxy) is 1. The van der Waals surface area contributed by atoms with Gasteiger partial charge in [-0.1, -0.05) is 12.1 Å². The van der Waals surface area contributed by atoms with Gasteiger partial charge in [0.05, 0.1) is 18.2 Å². The van der Waals surface area contributed by atoms with Crippen LogP contribution in [0.4, 0.5) is 0 Å². The molecule has 0 saturated heterocycles. The Morgan fingerprint density at radius 2 is 2.11 bits per heavy atom. The molecule has 1 aromatic carbocycles. The second-order valence-electron chi connectivity index (χ2n) is 4.16. The van der Waals surface area contributed by atoms with Crippen molar-refractivity contribution in [3.05, 3.63) is 46.8 Å². The van der Waals surface area contributed by atoms with E-state index >= 15 is 0 Å². The van der Waals surface area contributed by atoms with Crippen LogP contribution in [0.15, 0.2) is 41.3 Å². The molecule has 0 radical (unpaired) electrons. The Bertz CT molecular complexity index is 577. The first kappa shape index (κ1) is 12.8. The van der Waals surface area contributed by atoms with Gasteiger partial charge in [0.1, 0.15) is 0 Å². The minimum absolute atomic E-state index is 0.0269. The number of benzene rings is 1. The molecule has 0 aliphatic rings. The van der Waals surface area contributed by atoms with Crippen molar-refractivity contribution in [2.45, 2.75) is 19.6 Å². The molecule has 2 N–H and O–H groups in total. The number of pyridine rings is 1. The maximum absolute atomic E-state index is 11.7. The lowest BCUT2D eigenvalue weighted by Crippen LogP contribution is -2.29. The summed E-state index contributed by atoms with van der Waals surface area (Å²) in [7, 11) is 0. The molecule has 96 valence electrons. The first-order chi connectivity index (χ1) is 8.76. The van der Waals surface area contributed by atoms with Crippen LogP contribution < -0.4 is 11.2 Å². The molecule has 1 atom stereocenters. The maximum atomic E-state index is 11.7. The third kappa shape index (κ3) is 2.60. The zero-order valence-electron chi connectivity index (χ0n) is 10.5. The van der Waals surface area contributed by atoms with Crippen molar-refractivity contribution in [1.29, 1.82) is 0 Å². The number of rotatable bonds is 5. The molecule has 1 aromatic heterocycles. The van der Waals surface area contributed by atoms with Crippen molar-refractivity contribution >= 4 is 10.9 Å². The molecule has 2 aromatic rings. The monoisotopic (exact) mass is 246 g/mol. The Morgan fingerprint density at radius 1 is 1.33 bits per heavy atom. The molecule has 1 unspecified atom stereocenters. The summed E-state index contributed by atoms with van der Waals surface area (Å²) >= 11 is 0. The van der Waals surface area contributed by atoms with Gasteiger partial charge in [-0.2, -0.15) is 0 Å². The topological polar surface area (TPSA) is 57.2 Å². The van der Waals surface area contributed by atoms with E-state index in [0.29, 0.717) is 19.7 Å². The lowest BCUT2D eigenvalue weighted by molar-refractivity contribution is 0.0575. The summed E-state index contributed by atoms with van der Waals surface area (Å²) in [6.07, 6.45) is 1.77. The van der Waals surface area contributed by atoms with Crippen LogP contribution in [0.5, 0.6) is 0 Å². The average Bonchev–Trinajstić information content (AvgIpc) is 2.41. The van der Waals surface area contributed by atoms with E-state index in [1.54, 1.807) is 12.3 Å². The summed E-state index contributed by atoms with van der Waals surface area (Å²) in [4.78, 5) is 11.7. The fraction of sp³-hybridized carbons (Fsp3) is 0.357. The van der Waals surface area contributed by atoms with E-state index < -0.39 is 0 Å². The predicted molar refractivity (Wildman–Crippen MR) is 72.7 cm³/mol. The zero-order chi connectivity index (χ0) is 13.0. The number of para-hydroxylation sites is 1. The minimum atomic E-state index is -0.0269. The second kappa shape index (κ2) is 5.80. The summed E-state index contributed by atoms with van der Waals surface area (Å²) in [5.74, 6) is 0. The molecule has 4 heteroatoms. The maximum Gasteiger partial charge on any atom is 0.189 e. The van der Waals surface area contributed by atoms with Crippen LogP contribution in [0.25, 0.3) is 10.9 Å². The number of nitrogens with zero attached hydrogens (tertiary/aromatic N) is 1. The van der Waals surface area contributed by atoms with E-state index in [2.05, 4.69) is 0 Å². The lowest BCUT2D eigenvalue weighted by atomic mass is 10.2. The third-order valence-electron chi connectivity index (χ3n) is 2.95. The molecule has 0 aliphatic heterocycles. The highest BCUT2D eigenvalue weighted by molar-refractivity contribution is 5.78. The van der Waals surface area contributed by atoms with E-state index in [4.69, 9.17) is 10.5 Å². The third-order valence-corrected chi connectivity index (χ3v) is 2.95. The predicted octanol–water partition coefficient (Wildman–Crippen LogP) is 1.37. The molecule has 0 aliphatic carbocycles. The molecular formula is C14H18N2O2. The van der Waals surface area contributed by atoms with E-state index in [-0.39, 0.29) is 11.5 Å². The molecule has 0 saturated carbocycles. The van der Waals surface area contributed by atoms with Crippen molar-refractivity contribution in [1.82, 2.24) is 4.57 Å². The SMILES string of the molecule is CCOC(CN)Cn1ccc(=O)c2ccccc21. The lowest BCUT2D eigenvalue weighted by Gasteiger charge is -2.18. The molecule has 2 rings (SSSR count). The fourth-order valence-electron chi connectivity index (χ4n) is 2.07. The highest BCUT2D eigenvalue weighted by Gasteiger charge is 2.09. The quantitative estimate of drug-likeness (QED) is 0.866. The molecule has 0 spiro atoms. The summed E-state index contributed by atoms with van der Waals surface area (Å²) in [5, 5.41) is 0.729. The number of fused-ring (bicyclic) bond motifs is 1. The summed E-state index contributed by atoms with van der Waals surface area (Å²) < 4.78 is 7.57. The van der Waals surface area contributed by atoms with Gasteiger partial charge in [0.15, 0.2) is 5.43 Å². The van der Waals surface area contributed by atoms with Crippen LogP contribution in [-0.4, -0.2) is 23.8 Å². The fourth-order valence-corrected chi connectivity index (χ4v) is 2.07. The van der Waals surface area contributed by atoms with Gasteiger partial charge in [0.2, 0.25) is 0 Å². The highest BCUT2D eigenvalue weighted by Crippen LogP contribution is 2.10. The molecular weight excluding hydrogens is 228 g/mol. The largest absolute Gasteiger partial charge is 0.375 e. The summed E-state index contributed by atoms with van der Waals surface area (Å²) in [6, 6.07) is 9.16. The van der Waals surface area contributed by atoms with Crippen LogP contribution in [0.2, 0.25) is 0 Å². The Hall–Kier alpha value is -1.65. The molecule has 0 fully saturated rings. The number of aromatic nitrogens is 1. The van der Waals surface area contributed by atoms with Crippen LogP contribution in [0.3, 0.4) is 0 Å². The Kier molecular flexibility index (Phi) is 4.12. The van der Waals surface area contributed by atoms with Gasteiger partial charge in [-0.15, -0.1) is 0 Å². The number of hydrogen-bond acceptors (Lipinski definition) is 3. The van der Waals surface area contributed by atoms with Gasteiger partial charge >= 0.3 is 0 Å². The van der Waals surface area contributed by atoms with Gasteiger partial charge in [-0.25, -0.2) is 0 Å². The Morgan fingerprint density at radius 3 is 2.83 bits per heavy atom. The van der Waals surface area contributed by atoms with Crippen molar-refractivity contribution in [2.24, 2.45) is 5.73 Å². The van der Waals surface area contributed by atoms with Crippen molar-refractivity contribution in [2.75, 3.05) is 13.2 Å². The van der Waals surface area contributed by atoms with E-state index in [0.717, 1.165) is 10.9 Å². The highest BCUT2D eigenvalue weighted by atomic mass is 16.5.